The van der Waals surface area contributed by atoms with E-state index < -0.39 is 11.9 Å². The van der Waals surface area contributed by atoms with Gasteiger partial charge in [0.2, 0.25) is 0 Å². The minimum atomic E-state index is -0.653. The molecule has 2 aromatic carbocycles. The van der Waals surface area contributed by atoms with E-state index in [0.29, 0.717) is 22.6 Å². The molecule has 1 aliphatic heterocycles. The second-order valence-corrected chi connectivity index (χ2v) is 5.77. The van der Waals surface area contributed by atoms with Crippen LogP contribution in [0.2, 0.25) is 5.02 Å². The van der Waals surface area contributed by atoms with Crippen LogP contribution in [0, 0.1) is 5.82 Å². The third-order valence-corrected chi connectivity index (χ3v) is 4.29. The Morgan fingerprint density at radius 1 is 1.26 bits per heavy atom. The number of likely N-dealkylation sites (N-methyl/N-ethyl adjacent to an activating group) is 1. The number of nitrogens with two attached hydrogens (primary N) is 1. The lowest BCUT2D eigenvalue weighted by atomic mass is 9.99. The largest absolute Gasteiger partial charge is 0.398 e. The molecular formula is C17H15ClFN3O. The molecule has 0 unspecified atom stereocenters. The van der Waals surface area contributed by atoms with Gasteiger partial charge in [-0.3, -0.25) is 9.79 Å². The monoisotopic (exact) mass is 331 g/mol. The Bertz CT molecular complexity index is 835. The topological polar surface area (TPSA) is 58.7 Å². The molecule has 0 saturated carbocycles. The third-order valence-electron chi connectivity index (χ3n) is 3.89. The number of hydrogen-bond donors (Lipinski definition) is 1. The fourth-order valence-corrected chi connectivity index (χ4v) is 2.91. The van der Waals surface area contributed by atoms with Crippen molar-refractivity contribution in [3.63, 3.8) is 0 Å². The Morgan fingerprint density at radius 3 is 2.65 bits per heavy atom. The molecule has 0 aliphatic carbocycles. The molecular weight excluding hydrogens is 317 g/mol. The van der Waals surface area contributed by atoms with Crippen LogP contribution in [0.5, 0.6) is 0 Å². The zero-order chi connectivity index (χ0) is 16.7. The van der Waals surface area contributed by atoms with E-state index in [9.17, 15) is 9.18 Å². The second kappa shape index (κ2) is 5.66. The van der Waals surface area contributed by atoms with Crippen LogP contribution < -0.4 is 10.6 Å². The Kier molecular flexibility index (Phi) is 3.82. The summed E-state index contributed by atoms with van der Waals surface area (Å²) in [5, 5.41) is 0.262. The van der Waals surface area contributed by atoms with E-state index in [-0.39, 0.29) is 16.5 Å². The number of nitrogens with zero attached hydrogens (tertiary/aromatic N) is 2. The van der Waals surface area contributed by atoms with Crippen molar-refractivity contribution in [2.45, 2.75) is 13.0 Å². The standard InChI is InChI=1S/C17H15ClFN3O/c1-9-17(23)22(2)13-8-7-12(20)15(18)14(13)16(21-9)10-5-3-4-6-11(10)19/h3-9H,20H2,1-2H3/t9-/m0/s1. The maximum absolute atomic E-state index is 14.3. The smallest absolute Gasteiger partial charge is 0.251 e. The summed E-state index contributed by atoms with van der Waals surface area (Å²) in [5.74, 6) is -0.627. The molecule has 1 aliphatic rings. The first-order valence-corrected chi connectivity index (χ1v) is 7.48. The highest BCUT2D eigenvalue weighted by atomic mass is 35.5. The summed E-state index contributed by atoms with van der Waals surface area (Å²) < 4.78 is 14.3. The van der Waals surface area contributed by atoms with Crippen LogP contribution in [-0.4, -0.2) is 24.7 Å². The Labute approximate surface area is 138 Å². The minimum absolute atomic E-state index is 0.196. The highest BCUT2D eigenvalue weighted by molar-refractivity contribution is 6.39. The summed E-state index contributed by atoms with van der Waals surface area (Å²) in [7, 11) is 1.64. The van der Waals surface area contributed by atoms with Crippen molar-refractivity contribution in [2.75, 3.05) is 17.7 Å². The first-order valence-electron chi connectivity index (χ1n) is 7.10. The fraction of sp³-hybridized carbons (Fsp3) is 0.176. The van der Waals surface area contributed by atoms with Gasteiger partial charge in [-0.15, -0.1) is 0 Å². The normalized spacial score (nSPS) is 17.6. The van der Waals surface area contributed by atoms with Crippen molar-refractivity contribution in [3.8, 4) is 0 Å². The number of amides is 1. The molecule has 4 nitrogen and oxygen atoms in total. The highest BCUT2D eigenvalue weighted by Gasteiger charge is 2.30. The molecule has 2 N–H and O–H groups in total. The Morgan fingerprint density at radius 2 is 1.96 bits per heavy atom. The minimum Gasteiger partial charge on any atom is -0.398 e. The first kappa shape index (κ1) is 15.5. The predicted octanol–water partition coefficient (Wildman–Crippen LogP) is 3.26. The quantitative estimate of drug-likeness (QED) is 0.815. The number of fused-ring (bicyclic) bond motifs is 1. The summed E-state index contributed by atoms with van der Waals surface area (Å²) in [6.07, 6.45) is 0. The van der Waals surface area contributed by atoms with Gasteiger partial charge in [0.05, 0.1) is 22.1 Å². The molecule has 1 amide bonds. The molecule has 0 fully saturated rings. The summed E-state index contributed by atoms with van der Waals surface area (Å²) in [6, 6.07) is 8.93. The molecule has 0 aromatic heterocycles. The first-order chi connectivity index (χ1) is 10.9. The highest BCUT2D eigenvalue weighted by Crippen LogP contribution is 2.36. The molecule has 0 bridgehead atoms. The Balaban J connectivity index is 2.37. The van der Waals surface area contributed by atoms with Crippen molar-refractivity contribution < 1.29 is 9.18 Å². The fourth-order valence-electron chi connectivity index (χ4n) is 2.66. The molecule has 1 atom stereocenters. The van der Waals surface area contributed by atoms with Gasteiger partial charge < -0.3 is 10.6 Å². The number of rotatable bonds is 1. The molecule has 0 saturated heterocycles. The average Bonchev–Trinajstić information content (AvgIpc) is 2.62. The number of benzodiazepines with no additional fused rings is 1. The number of hydrogen-bond acceptors (Lipinski definition) is 3. The van der Waals surface area contributed by atoms with E-state index in [1.54, 1.807) is 44.3 Å². The van der Waals surface area contributed by atoms with Gasteiger partial charge in [-0.1, -0.05) is 23.7 Å². The van der Waals surface area contributed by atoms with Gasteiger partial charge >= 0.3 is 0 Å². The molecule has 23 heavy (non-hydrogen) atoms. The van der Waals surface area contributed by atoms with Crippen LogP contribution in [-0.2, 0) is 4.79 Å². The van der Waals surface area contributed by atoms with Crippen molar-refractivity contribution in [2.24, 2.45) is 4.99 Å². The van der Waals surface area contributed by atoms with E-state index in [0.717, 1.165) is 0 Å². The van der Waals surface area contributed by atoms with Gasteiger partial charge in [0.1, 0.15) is 11.9 Å². The summed E-state index contributed by atoms with van der Waals surface area (Å²) in [5.41, 5.74) is 7.90. The lowest BCUT2D eigenvalue weighted by molar-refractivity contribution is -0.119. The van der Waals surface area contributed by atoms with Crippen LogP contribution >= 0.6 is 11.6 Å². The van der Waals surface area contributed by atoms with Crippen LogP contribution in [0.25, 0.3) is 0 Å². The zero-order valence-corrected chi connectivity index (χ0v) is 13.4. The van der Waals surface area contributed by atoms with E-state index in [4.69, 9.17) is 17.3 Å². The van der Waals surface area contributed by atoms with Gasteiger partial charge in [0.15, 0.2) is 0 Å². The second-order valence-electron chi connectivity index (χ2n) is 5.39. The molecule has 0 spiro atoms. The van der Waals surface area contributed by atoms with Gasteiger partial charge in [-0.05, 0) is 31.2 Å². The van der Waals surface area contributed by atoms with Crippen molar-refractivity contribution in [1.29, 1.82) is 0 Å². The Hall–Kier alpha value is -2.40. The molecule has 6 heteroatoms. The van der Waals surface area contributed by atoms with Crippen molar-refractivity contribution in [1.82, 2.24) is 0 Å². The number of carbonyl (C=O) groups is 1. The molecule has 3 rings (SSSR count). The lowest BCUT2D eigenvalue weighted by Gasteiger charge is -2.20. The average molecular weight is 332 g/mol. The number of benzene rings is 2. The lowest BCUT2D eigenvalue weighted by Crippen LogP contribution is -2.33. The zero-order valence-electron chi connectivity index (χ0n) is 12.7. The van der Waals surface area contributed by atoms with Gasteiger partial charge in [0.25, 0.3) is 5.91 Å². The number of anilines is 2. The van der Waals surface area contributed by atoms with Crippen LogP contribution in [0.15, 0.2) is 41.4 Å². The van der Waals surface area contributed by atoms with Crippen molar-refractivity contribution in [3.05, 3.63) is 58.4 Å². The van der Waals surface area contributed by atoms with E-state index in [1.807, 2.05) is 0 Å². The summed E-state index contributed by atoms with van der Waals surface area (Å²) in [6.45, 7) is 1.67. The maximum Gasteiger partial charge on any atom is 0.251 e. The van der Waals surface area contributed by atoms with E-state index >= 15 is 0 Å². The van der Waals surface area contributed by atoms with Crippen molar-refractivity contribution >= 4 is 34.6 Å². The summed E-state index contributed by atoms with van der Waals surface area (Å²) in [4.78, 5) is 18.3. The van der Waals surface area contributed by atoms with Crippen LogP contribution in [0.4, 0.5) is 15.8 Å². The molecule has 0 radical (unpaired) electrons. The molecule has 1 heterocycles. The molecule has 118 valence electrons. The van der Waals surface area contributed by atoms with Gasteiger partial charge in [0, 0.05) is 18.2 Å². The number of nitrogen functional groups attached to an aromatic ring is 1. The van der Waals surface area contributed by atoms with E-state index in [2.05, 4.69) is 4.99 Å². The number of aliphatic imine (C=N–C) groups is 1. The SMILES string of the molecule is C[C@@H]1N=C(c2ccccc2F)c2c(ccc(N)c2Cl)N(C)C1=O. The predicted molar refractivity (Wildman–Crippen MR) is 90.8 cm³/mol. The van der Waals surface area contributed by atoms with Gasteiger partial charge in [-0.25, -0.2) is 4.39 Å². The van der Waals surface area contributed by atoms with E-state index in [1.165, 1.54) is 11.0 Å². The van der Waals surface area contributed by atoms with Crippen LogP contribution in [0.3, 0.4) is 0 Å². The molecule has 2 aromatic rings. The number of halogens is 2. The van der Waals surface area contributed by atoms with Gasteiger partial charge in [-0.2, -0.15) is 0 Å². The maximum atomic E-state index is 14.3. The van der Waals surface area contributed by atoms with Crippen LogP contribution in [0.1, 0.15) is 18.1 Å². The third kappa shape index (κ3) is 2.47. The number of carbonyl (C=O) groups excluding carboxylic acids is 1. The summed E-state index contributed by atoms with van der Waals surface area (Å²) >= 11 is 6.38.